The molecule has 0 aliphatic rings. The van der Waals surface area contributed by atoms with E-state index in [0.717, 1.165) is 24.2 Å². The van der Waals surface area contributed by atoms with E-state index >= 15 is 0 Å². The molecule has 0 spiro atoms. The van der Waals surface area contributed by atoms with Gasteiger partial charge >= 0.3 is 0 Å². The average Bonchev–Trinajstić information content (AvgIpc) is 2.46. The van der Waals surface area contributed by atoms with Crippen LogP contribution in [0, 0.1) is 6.92 Å². The van der Waals surface area contributed by atoms with Gasteiger partial charge in [-0.25, -0.2) is 0 Å². The van der Waals surface area contributed by atoms with Crippen molar-refractivity contribution in [2.24, 2.45) is 0 Å². The Morgan fingerprint density at radius 3 is 2.47 bits per heavy atom. The lowest BCUT2D eigenvalue weighted by atomic mass is 10.0. The Labute approximate surface area is 115 Å². The van der Waals surface area contributed by atoms with Crippen LogP contribution in [0.2, 0.25) is 0 Å². The van der Waals surface area contributed by atoms with Crippen LogP contribution in [-0.2, 0) is 12.8 Å². The zero-order chi connectivity index (χ0) is 13.7. The summed E-state index contributed by atoms with van der Waals surface area (Å²) < 4.78 is 0. The molecule has 1 atom stereocenters. The van der Waals surface area contributed by atoms with Crippen molar-refractivity contribution in [1.29, 1.82) is 0 Å². The van der Waals surface area contributed by atoms with Crippen molar-refractivity contribution < 1.29 is 0 Å². The molecule has 100 valence electrons. The molecule has 0 aromatic carbocycles. The third-order valence-electron chi connectivity index (χ3n) is 3.39. The van der Waals surface area contributed by atoms with Crippen molar-refractivity contribution >= 4 is 0 Å². The minimum Gasteiger partial charge on any atom is -0.313 e. The summed E-state index contributed by atoms with van der Waals surface area (Å²) in [7, 11) is 1.98. The first-order chi connectivity index (χ1) is 9.22. The highest BCUT2D eigenvalue weighted by molar-refractivity contribution is 5.21. The van der Waals surface area contributed by atoms with Crippen molar-refractivity contribution in [1.82, 2.24) is 15.3 Å². The zero-order valence-electron chi connectivity index (χ0n) is 11.9. The molecule has 0 radical (unpaired) electrons. The van der Waals surface area contributed by atoms with Crippen molar-refractivity contribution in [2.75, 3.05) is 7.05 Å². The van der Waals surface area contributed by atoms with Gasteiger partial charge in [0.25, 0.3) is 0 Å². The van der Waals surface area contributed by atoms with Crippen LogP contribution in [0.5, 0.6) is 0 Å². The molecule has 0 fully saturated rings. The molecule has 2 aromatic rings. The Balaban J connectivity index is 2.11. The van der Waals surface area contributed by atoms with Crippen LogP contribution < -0.4 is 5.32 Å². The second kappa shape index (κ2) is 6.43. The smallest absolute Gasteiger partial charge is 0.0422 e. The third kappa shape index (κ3) is 3.61. The second-order valence-electron chi connectivity index (χ2n) is 4.79. The average molecular weight is 255 g/mol. The van der Waals surface area contributed by atoms with Crippen molar-refractivity contribution in [3.8, 4) is 0 Å². The fourth-order valence-electron chi connectivity index (χ4n) is 2.07. The van der Waals surface area contributed by atoms with E-state index in [-0.39, 0.29) is 6.04 Å². The number of likely N-dealkylation sites (N-methyl/N-ethyl adjacent to an activating group) is 1. The number of nitrogens with zero attached hydrogens (tertiary/aromatic N) is 2. The van der Waals surface area contributed by atoms with Gasteiger partial charge in [0.15, 0.2) is 0 Å². The molecule has 2 heterocycles. The number of aryl methyl sites for hydroxylation is 2. The molecule has 0 saturated carbocycles. The molecule has 0 aliphatic heterocycles. The number of nitrogens with one attached hydrogen (secondary N) is 1. The molecule has 3 nitrogen and oxygen atoms in total. The Bertz CT molecular complexity index is 503. The predicted molar refractivity (Wildman–Crippen MR) is 78.1 cm³/mol. The van der Waals surface area contributed by atoms with Gasteiger partial charge in [-0.05, 0) is 43.7 Å². The van der Waals surface area contributed by atoms with Gasteiger partial charge in [0.1, 0.15) is 0 Å². The summed E-state index contributed by atoms with van der Waals surface area (Å²) in [5, 5.41) is 3.33. The molecule has 2 rings (SSSR count). The SMILES string of the molecule is CCc1ccc(CC(NC)c2ccc(C)nc2)nc1. The van der Waals surface area contributed by atoms with E-state index in [1.807, 2.05) is 32.4 Å². The zero-order valence-corrected chi connectivity index (χ0v) is 11.9. The molecule has 0 aliphatic carbocycles. The lowest BCUT2D eigenvalue weighted by molar-refractivity contribution is 0.582. The van der Waals surface area contributed by atoms with Crippen LogP contribution in [0.25, 0.3) is 0 Å². The van der Waals surface area contributed by atoms with Crippen molar-refractivity contribution in [3.63, 3.8) is 0 Å². The van der Waals surface area contributed by atoms with Crippen molar-refractivity contribution in [2.45, 2.75) is 32.7 Å². The second-order valence-corrected chi connectivity index (χ2v) is 4.79. The third-order valence-corrected chi connectivity index (χ3v) is 3.39. The van der Waals surface area contributed by atoms with E-state index in [1.165, 1.54) is 11.1 Å². The maximum atomic E-state index is 4.52. The van der Waals surface area contributed by atoms with Crippen LogP contribution in [-0.4, -0.2) is 17.0 Å². The molecule has 0 bridgehead atoms. The molecular weight excluding hydrogens is 234 g/mol. The fraction of sp³-hybridized carbons (Fsp3) is 0.375. The number of pyridine rings is 2. The van der Waals surface area contributed by atoms with E-state index < -0.39 is 0 Å². The van der Waals surface area contributed by atoms with E-state index in [9.17, 15) is 0 Å². The minimum atomic E-state index is 0.257. The Morgan fingerprint density at radius 2 is 1.95 bits per heavy atom. The molecule has 1 unspecified atom stereocenters. The van der Waals surface area contributed by atoms with Crippen molar-refractivity contribution in [3.05, 3.63) is 59.2 Å². The Hall–Kier alpha value is -1.74. The summed E-state index contributed by atoms with van der Waals surface area (Å²) in [5.41, 5.74) is 4.64. The van der Waals surface area contributed by atoms with E-state index in [4.69, 9.17) is 0 Å². The molecule has 0 amide bonds. The largest absolute Gasteiger partial charge is 0.313 e. The van der Waals surface area contributed by atoms with Gasteiger partial charge < -0.3 is 5.32 Å². The van der Waals surface area contributed by atoms with Gasteiger partial charge in [0.2, 0.25) is 0 Å². The lowest BCUT2D eigenvalue weighted by Gasteiger charge is -2.16. The summed E-state index contributed by atoms with van der Waals surface area (Å²) in [5.74, 6) is 0. The Kier molecular flexibility index (Phi) is 4.63. The van der Waals surface area contributed by atoms with Gasteiger partial charge in [0, 0.05) is 36.2 Å². The topological polar surface area (TPSA) is 37.8 Å². The quantitative estimate of drug-likeness (QED) is 0.892. The normalized spacial score (nSPS) is 12.4. The first-order valence-electron chi connectivity index (χ1n) is 6.76. The highest BCUT2D eigenvalue weighted by atomic mass is 14.9. The van der Waals surface area contributed by atoms with E-state index in [0.29, 0.717) is 0 Å². The van der Waals surface area contributed by atoms with Gasteiger partial charge in [0.05, 0.1) is 0 Å². The summed E-state index contributed by atoms with van der Waals surface area (Å²) in [4.78, 5) is 8.88. The molecule has 1 N–H and O–H groups in total. The summed E-state index contributed by atoms with van der Waals surface area (Å²) in [6.45, 7) is 4.15. The summed E-state index contributed by atoms with van der Waals surface area (Å²) in [6.07, 6.45) is 5.82. The molecule has 3 heteroatoms. The highest BCUT2D eigenvalue weighted by Crippen LogP contribution is 2.16. The van der Waals surface area contributed by atoms with Crippen LogP contribution >= 0.6 is 0 Å². The monoisotopic (exact) mass is 255 g/mol. The van der Waals surface area contributed by atoms with E-state index in [1.54, 1.807) is 0 Å². The van der Waals surface area contributed by atoms with Gasteiger partial charge in [-0.2, -0.15) is 0 Å². The maximum Gasteiger partial charge on any atom is 0.0422 e. The van der Waals surface area contributed by atoms with Crippen LogP contribution in [0.3, 0.4) is 0 Å². The van der Waals surface area contributed by atoms with Gasteiger partial charge in [-0.1, -0.05) is 19.1 Å². The number of hydrogen-bond donors (Lipinski definition) is 1. The maximum absolute atomic E-state index is 4.52. The van der Waals surface area contributed by atoms with Crippen LogP contribution in [0.15, 0.2) is 36.7 Å². The van der Waals surface area contributed by atoms with Crippen LogP contribution in [0.4, 0.5) is 0 Å². The predicted octanol–water partition coefficient (Wildman–Crippen LogP) is 2.85. The summed E-state index contributed by atoms with van der Waals surface area (Å²) in [6, 6.07) is 8.71. The minimum absolute atomic E-state index is 0.257. The Morgan fingerprint density at radius 1 is 1.11 bits per heavy atom. The highest BCUT2D eigenvalue weighted by Gasteiger charge is 2.11. The molecule has 0 saturated heterocycles. The number of hydrogen-bond acceptors (Lipinski definition) is 3. The van der Waals surface area contributed by atoms with Crippen LogP contribution in [0.1, 0.15) is 35.5 Å². The fourth-order valence-corrected chi connectivity index (χ4v) is 2.07. The van der Waals surface area contributed by atoms with Gasteiger partial charge in [-0.3, -0.25) is 9.97 Å². The molecule has 2 aromatic heterocycles. The first kappa shape index (κ1) is 13.7. The number of rotatable bonds is 5. The molecular formula is C16H21N3. The molecule has 19 heavy (non-hydrogen) atoms. The first-order valence-corrected chi connectivity index (χ1v) is 6.76. The lowest BCUT2D eigenvalue weighted by Crippen LogP contribution is -2.19. The standard InChI is InChI=1S/C16H21N3/c1-4-13-6-8-15(19-10-13)9-16(17-3)14-7-5-12(2)18-11-14/h5-8,10-11,16-17H,4,9H2,1-3H3. The summed E-state index contributed by atoms with van der Waals surface area (Å²) >= 11 is 0. The van der Waals surface area contributed by atoms with Gasteiger partial charge in [-0.15, -0.1) is 0 Å². The van der Waals surface area contributed by atoms with E-state index in [2.05, 4.69) is 40.4 Å². The number of aromatic nitrogens is 2.